The summed E-state index contributed by atoms with van der Waals surface area (Å²) in [6.45, 7) is 14.3. The Morgan fingerprint density at radius 2 is 1.70 bits per heavy atom. The van der Waals surface area contributed by atoms with Gasteiger partial charge in [0.1, 0.15) is 23.4 Å². The molecule has 0 aromatic heterocycles. The largest absolute Gasteiger partial charge is 0.507 e. The van der Waals surface area contributed by atoms with E-state index in [1.54, 1.807) is 66.7 Å². The van der Waals surface area contributed by atoms with E-state index in [-0.39, 0.29) is 11.3 Å². The second-order valence-corrected chi connectivity index (χ2v) is 11.2. The molecule has 1 aromatic carbocycles. The number of ether oxygens (including phenoxy) is 1. The van der Waals surface area contributed by atoms with Crippen molar-refractivity contribution in [3.63, 3.8) is 0 Å². The Morgan fingerprint density at radius 1 is 1.08 bits per heavy atom. The Morgan fingerprint density at radius 3 is 2.22 bits per heavy atom. The number of carbonyl (C=O) groups excluding carboxylic acids is 4. The number of phenolic OH excluding ortho intramolecular Hbond substituents is 1. The number of hydrogen-bond acceptors (Lipinski definition) is 6. The maximum atomic E-state index is 14.0. The van der Waals surface area contributed by atoms with E-state index in [0.29, 0.717) is 12.1 Å². The summed E-state index contributed by atoms with van der Waals surface area (Å²) in [6, 6.07) is 2.32. The maximum absolute atomic E-state index is 14.0. The van der Waals surface area contributed by atoms with E-state index < -0.39 is 53.5 Å². The average molecular weight is 521 g/mol. The molecule has 0 bridgehead atoms. The first-order valence-corrected chi connectivity index (χ1v) is 12.7. The lowest BCUT2D eigenvalue weighted by atomic mass is 9.93. The molecule has 0 radical (unpaired) electrons. The van der Waals surface area contributed by atoms with Gasteiger partial charge in [-0.15, -0.1) is 0 Å². The highest BCUT2D eigenvalue weighted by Crippen LogP contribution is 2.36. The summed E-state index contributed by atoms with van der Waals surface area (Å²) in [5.41, 5.74) is 4.35. The van der Waals surface area contributed by atoms with Crippen LogP contribution < -0.4 is 16.4 Å². The Labute approximate surface area is 220 Å². The van der Waals surface area contributed by atoms with Crippen LogP contribution in [0.2, 0.25) is 0 Å². The number of nitrogens with two attached hydrogens (primary N) is 1. The number of nitrogens with one attached hydrogen (secondary N) is 2. The third kappa shape index (κ3) is 9.93. The van der Waals surface area contributed by atoms with Crippen molar-refractivity contribution in [3.05, 3.63) is 29.3 Å². The monoisotopic (exact) mass is 520 g/mol. The quantitative estimate of drug-likeness (QED) is 0.328. The third-order valence-corrected chi connectivity index (χ3v) is 5.50. The van der Waals surface area contributed by atoms with Gasteiger partial charge in [0.2, 0.25) is 17.7 Å². The lowest BCUT2D eigenvalue weighted by Crippen LogP contribution is -2.59. The molecule has 10 nitrogen and oxygen atoms in total. The highest BCUT2D eigenvalue weighted by atomic mass is 16.6. The summed E-state index contributed by atoms with van der Waals surface area (Å²) in [5.74, 6) is -2.14. The van der Waals surface area contributed by atoms with Crippen LogP contribution in [0.15, 0.2) is 18.2 Å². The fourth-order valence-corrected chi connectivity index (χ4v) is 3.85. The van der Waals surface area contributed by atoms with E-state index >= 15 is 0 Å². The molecule has 208 valence electrons. The Kier molecular flexibility index (Phi) is 11.4. The number of rotatable bonds is 11. The summed E-state index contributed by atoms with van der Waals surface area (Å²) in [7, 11) is 0. The zero-order valence-electron chi connectivity index (χ0n) is 23.4. The Bertz CT molecular complexity index is 965. The Hall–Kier alpha value is -3.30. The number of primary amides is 1. The van der Waals surface area contributed by atoms with Crippen molar-refractivity contribution in [2.75, 3.05) is 6.54 Å². The lowest BCUT2D eigenvalue weighted by Gasteiger charge is -2.43. The number of aryl methyl sites for hydroxylation is 1. The van der Waals surface area contributed by atoms with Crippen LogP contribution in [0.1, 0.15) is 91.3 Å². The van der Waals surface area contributed by atoms with E-state index in [0.717, 1.165) is 19.3 Å². The van der Waals surface area contributed by atoms with Gasteiger partial charge in [0.05, 0.1) is 6.42 Å². The minimum Gasteiger partial charge on any atom is -0.507 e. The average Bonchev–Trinajstić information content (AvgIpc) is 2.73. The van der Waals surface area contributed by atoms with Crippen LogP contribution in [-0.4, -0.2) is 57.5 Å². The van der Waals surface area contributed by atoms with E-state index in [1.165, 1.54) is 4.90 Å². The number of nitrogens with zero attached hydrogens (tertiary/aromatic N) is 1. The number of unbranched alkanes of at least 4 members (excludes halogenated alkanes) is 2. The predicted octanol–water partition coefficient (Wildman–Crippen LogP) is 3.44. The minimum atomic E-state index is -1.39. The predicted molar refractivity (Wildman–Crippen MR) is 142 cm³/mol. The topological polar surface area (TPSA) is 151 Å². The maximum Gasteiger partial charge on any atom is 0.408 e. The molecular formula is C27H44N4O6. The standard InChI is InChI=1S/C27H44N4O6/c1-9-10-11-15-29-23(34)21(18-14-12-13-17(2)22(18)33)31(26(3,4)5)24(35)19(16-20(28)32)30-25(36)37-27(6,7)8/h12-14,19,21,33H,9-11,15-16H2,1-8H3,(H2,28,32)(H,29,34)(H,30,36). The highest BCUT2D eigenvalue weighted by Gasteiger charge is 2.43. The van der Waals surface area contributed by atoms with Gasteiger partial charge in [-0.05, 0) is 60.5 Å². The van der Waals surface area contributed by atoms with Gasteiger partial charge < -0.3 is 31.1 Å². The summed E-state index contributed by atoms with van der Waals surface area (Å²) in [5, 5.41) is 16.2. The normalized spacial score (nSPS) is 13.3. The zero-order chi connectivity index (χ0) is 28.6. The number of para-hydroxylation sites is 1. The SMILES string of the molecule is CCCCCNC(=O)C(c1cccc(C)c1O)N(C(=O)C(CC(N)=O)NC(=O)OC(C)(C)C)C(C)(C)C. The molecule has 0 aliphatic heterocycles. The highest BCUT2D eigenvalue weighted by molar-refractivity contribution is 5.95. The van der Waals surface area contributed by atoms with Gasteiger partial charge in [0.25, 0.3) is 0 Å². The van der Waals surface area contributed by atoms with Crippen LogP contribution in [-0.2, 0) is 19.1 Å². The van der Waals surface area contributed by atoms with Crippen LogP contribution in [0.3, 0.4) is 0 Å². The fourth-order valence-electron chi connectivity index (χ4n) is 3.85. The number of amides is 4. The molecule has 0 heterocycles. The molecular weight excluding hydrogens is 476 g/mol. The summed E-state index contributed by atoms with van der Waals surface area (Å²) in [4.78, 5) is 53.3. The molecule has 0 spiro atoms. The van der Waals surface area contributed by atoms with Gasteiger partial charge in [0, 0.05) is 17.6 Å². The van der Waals surface area contributed by atoms with E-state index in [4.69, 9.17) is 10.5 Å². The van der Waals surface area contributed by atoms with Gasteiger partial charge in [-0.3, -0.25) is 14.4 Å². The molecule has 2 unspecified atom stereocenters. The second kappa shape index (κ2) is 13.3. The zero-order valence-corrected chi connectivity index (χ0v) is 23.4. The molecule has 2 atom stereocenters. The van der Waals surface area contributed by atoms with Gasteiger partial charge in [0.15, 0.2) is 0 Å². The molecule has 1 rings (SSSR count). The summed E-state index contributed by atoms with van der Waals surface area (Å²) < 4.78 is 5.28. The van der Waals surface area contributed by atoms with Crippen molar-refractivity contribution in [2.45, 2.75) is 104 Å². The van der Waals surface area contributed by atoms with E-state index in [2.05, 4.69) is 10.6 Å². The number of phenols is 1. The molecule has 5 N–H and O–H groups in total. The van der Waals surface area contributed by atoms with Gasteiger partial charge >= 0.3 is 6.09 Å². The summed E-state index contributed by atoms with van der Waals surface area (Å²) >= 11 is 0. The lowest BCUT2D eigenvalue weighted by molar-refractivity contribution is -0.149. The van der Waals surface area contributed by atoms with Crippen LogP contribution >= 0.6 is 0 Å². The second-order valence-electron chi connectivity index (χ2n) is 11.2. The van der Waals surface area contributed by atoms with Crippen LogP contribution in [0, 0.1) is 6.92 Å². The van der Waals surface area contributed by atoms with Crippen molar-refractivity contribution in [1.82, 2.24) is 15.5 Å². The number of hydrogen-bond donors (Lipinski definition) is 4. The molecule has 0 saturated carbocycles. The molecule has 0 saturated heterocycles. The number of benzene rings is 1. The summed E-state index contributed by atoms with van der Waals surface area (Å²) in [6.07, 6.45) is 1.23. The molecule has 0 aliphatic carbocycles. The van der Waals surface area contributed by atoms with Gasteiger partial charge in [-0.2, -0.15) is 0 Å². The number of alkyl carbamates (subject to hydrolysis) is 1. The first kappa shape index (κ1) is 31.7. The Balaban J connectivity index is 3.59. The third-order valence-electron chi connectivity index (χ3n) is 5.50. The van der Waals surface area contributed by atoms with Crippen molar-refractivity contribution < 1.29 is 29.0 Å². The molecule has 0 aliphatic rings. The molecule has 4 amide bonds. The van der Waals surface area contributed by atoms with E-state index in [9.17, 15) is 24.3 Å². The number of aromatic hydroxyl groups is 1. The van der Waals surface area contributed by atoms with Crippen LogP contribution in [0.4, 0.5) is 4.79 Å². The minimum absolute atomic E-state index is 0.121. The van der Waals surface area contributed by atoms with Gasteiger partial charge in [-0.1, -0.05) is 38.0 Å². The number of carbonyl (C=O) groups is 4. The van der Waals surface area contributed by atoms with E-state index in [1.807, 2.05) is 6.92 Å². The van der Waals surface area contributed by atoms with Crippen molar-refractivity contribution in [1.29, 1.82) is 0 Å². The van der Waals surface area contributed by atoms with Crippen LogP contribution in [0.5, 0.6) is 5.75 Å². The smallest absolute Gasteiger partial charge is 0.408 e. The molecule has 1 aromatic rings. The molecule has 10 heteroatoms. The van der Waals surface area contributed by atoms with Crippen molar-refractivity contribution in [2.24, 2.45) is 5.73 Å². The van der Waals surface area contributed by atoms with Crippen molar-refractivity contribution in [3.8, 4) is 5.75 Å². The van der Waals surface area contributed by atoms with Gasteiger partial charge in [-0.25, -0.2) is 4.79 Å². The first-order chi connectivity index (χ1) is 17.0. The fraction of sp³-hybridized carbons (Fsp3) is 0.630. The molecule has 37 heavy (non-hydrogen) atoms. The van der Waals surface area contributed by atoms with Crippen LogP contribution in [0.25, 0.3) is 0 Å². The molecule has 0 fully saturated rings. The van der Waals surface area contributed by atoms with Crippen molar-refractivity contribution >= 4 is 23.8 Å². The first-order valence-electron chi connectivity index (χ1n) is 12.7.